The summed E-state index contributed by atoms with van der Waals surface area (Å²) < 4.78 is 25.6. The Morgan fingerprint density at radius 2 is 1.18 bits per heavy atom. The van der Waals surface area contributed by atoms with E-state index in [2.05, 4.69) is 6.92 Å². The summed E-state index contributed by atoms with van der Waals surface area (Å²) in [6.45, 7) is 2.26. The lowest BCUT2D eigenvalue weighted by Crippen LogP contribution is -2.08. The van der Waals surface area contributed by atoms with Gasteiger partial charge >= 0.3 is 0 Å². The van der Waals surface area contributed by atoms with Crippen LogP contribution in [0.2, 0.25) is 0 Å². The first-order valence-corrected chi connectivity index (χ1v) is 14.9. The van der Waals surface area contributed by atoms with E-state index in [1.807, 2.05) is 18.2 Å². The number of nitrogen functional groups attached to an aromatic ring is 1. The van der Waals surface area contributed by atoms with E-state index in [0.29, 0.717) is 11.8 Å². The quantitative estimate of drug-likeness (QED) is 0.129. The standard InChI is InChI=1S/C28H45NO3S/c1-2-3-4-5-6-7-8-9-10-11-12-13-14-15-16-19-22-33(31,32)26-23-24-20-17-18-21-25(24)27(29)28(26)30/h17-18,20-21,23,30H,2-16,19,22,29H2,1H3. The van der Waals surface area contributed by atoms with Crippen LogP contribution in [0.1, 0.15) is 110 Å². The lowest BCUT2D eigenvalue weighted by Gasteiger charge is -2.11. The van der Waals surface area contributed by atoms with E-state index >= 15 is 0 Å². The lowest BCUT2D eigenvalue weighted by atomic mass is 10.0. The molecule has 0 aliphatic rings. The number of anilines is 1. The molecule has 0 saturated heterocycles. The van der Waals surface area contributed by atoms with Crippen LogP contribution in [-0.2, 0) is 9.84 Å². The molecule has 0 aromatic heterocycles. The summed E-state index contributed by atoms with van der Waals surface area (Å²) in [6, 6.07) is 8.81. The number of phenolic OH excluding ortho intramolecular Hbond substituents is 1. The van der Waals surface area contributed by atoms with Gasteiger partial charge in [-0.1, -0.05) is 128 Å². The van der Waals surface area contributed by atoms with Crippen molar-refractivity contribution in [3.8, 4) is 5.75 Å². The average molecular weight is 476 g/mol. The van der Waals surface area contributed by atoms with Gasteiger partial charge in [-0.2, -0.15) is 0 Å². The SMILES string of the molecule is CCCCCCCCCCCCCCCCCCS(=O)(=O)c1cc2ccccc2c(N)c1O. The molecular formula is C28H45NO3S. The third-order valence-electron chi connectivity index (χ3n) is 6.63. The molecular weight excluding hydrogens is 430 g/mol. The largest absolute Gasteiger partial charge is 0.504 e. The molecule has 0 saturated carbocycles. The Morgan fingerprint density at radius 1 is 0.727 bits per heavy atom. The number of unbranched alkanes of at least 4 members (excludes halogenated alkanes) is 15. The number of aromatic hydroxyl groups is 1. The van der Waals surface area contributed by atoms with E-state index < -0.39 is 9.84 Å². The monoisotopic (exact) mass is 475 g/mol. The maximum Gasteiger partial charge on any atom is 0.182 e. The zero-order chi connectivity index (χ0) is 23.9. The number of nitrogens with two attached hydrogens (primary N) is 1. The first-order valence-electron chi connectivity index (χ1n) is 13.2. The van der Waals surface area contributed by atoms with Crippen molar-refractivity contribution in [1.29, 1.82) is 0 Å². The van der Waals surface area contributed by atoms with E-state index in [0.717, 1.165) is 18.2 Å². The van der Waals surface area contributed by atoms with E-state index in [1.165, 1.54) is 83.5 Å². The van der Waals surface area contributed by atoms with Crippen molar-refractivity contribution in [3.05, 3.63) is 30.3 Å². The lowest BCUT2D eigenvalue weighted by molar-refractivity contribution is 0.462. The summed E-state index contributed by atoms with van der Waals surface area (Å²) in [5, 5.41) is 11.8. The maximum absolute atomic E-state index is 12.8. The number of fused-ring (bicyclic) bond motifs is 1. The van der Waals surface area contributed by atoms with Crippen LogP contribution in [0.15, 0.2) is 35.2 Å². The summed E-state index contributed by atoms with van der Waals surface area (Å²) in [4.78, 5) is -0.0420. The van der Waals surface area contributed by atoms with Crippen molar-refractivity contribution in [2.24, 2.45) is 0 Å². The minimum absolute atomic E-state index is 0.0420. The molecule has 5 heteroatoms. The molecule has 0 aliphatic carbocycles. The molecule has 0 amide bonds. The summed E-state index contributed by atoms with van der Waals surface area (Å²) in [6.07, 6.45) is 20.1. The predicted molar refractivity (Wildman–Crippen MR) is 142 cm³/mol. The van der Waals surface area contributed by atoms with Crippen LogP contribution in [0, 0.1) is 0 Å². The summed E-state index contributed by atoms with van der Waals surface area (Å²) in [5.41, 5.74) is 6.13. The van der Waals surface area contributed by atoms with Crippen molar-refractivity contribution in [2.45, 2.75) is 115 Å². The number of sulfone groups is 1. The summed E-state index contributed by atoms with van der Waals surface area (Å²) in [5.74, 6) is -0.262. The predicted octanol–water partition coefficient (Wildman–Crippen LogP) is 8.16. The molecule has 0 radical (unpaired) electrons. The van der Waals surface area contributed by atoms with Gasteiger partial charge in [-0.25, -0.2) is 8.42 Å². The van der Waals surface area contributed by atoms with Gasteiger partial charge in [-0.15, -0.1) is 0 Å². The first kappa shape index (κ1) is 27.5. The van der Waals surface area contributed by atoms with E-state index in [9.17, 15) is 13.5 Å². The van der Waals surface area contributed by atoms with Crippen molar-refractivity contribution in [2.75, 3.05) is 11.5 Å². The Hall–Kier alpha value is -1.75. The Bertz CT molecular complexity index is 924. The molecule has 0 atom stereocenters. The molecule has 0 unspecified atom stereocenters. The molecule has 0 heterocycles. The number of phenols is 1. The summed E-state index contributed by atoms with van der Waals surface area (Å²) in [7, 11) is -3.55. The third-order valence-corrected chi connectivity index (χ3v) is 8.44. The fourth-order valence-electron chi connectivity index (χ4n) is 4.53. The molecule has 33 heavy (non-hydrogen) atoms. The molecule has 186 valence electrons. The second kappa shape index (κ2) is 15.2. The highest BCUT2D eigenvalue weighted by Crippen LogP contribution is 2.36. The molecule has 2 rings (SSSR count). The van der Waals surface area contributed by atoms with Crippen LogP contribution >= 0.6 is 0 Å². The minimum Gasteiger partial charge on any atom is -0.504 e. The van der Waals surface area contributed by atoms with Crippen LogP contribution in [0.5, 0.6) is 5.75 Å². The molecule has 2 aromatic rings. The molecule has 0 fully saturated rings. The highest BCUT2D eigenvalue weighted by Gasteiger charge is 2.21. The highest BCUT2D eigenvalue weighted by atomic mass is 32.2. The number of rotatable bonds is 18. The minimum atomic E-state index is -3.55. The van der Waals surface area contributed by atoms with Crippen molar-refractivity contribution in [3.63, 3.8) is 0 Å². The van der Waals surface area contributed by atoms with Crippen LogP contribution < -0.4 is 5.73 Å². The van der Waals surface area contributed by atoms with Crippen molar-refractivity contribution in [1.82, 2.24) is 0 Å². The fraction of sp³-hybridized carbons (Fsp3) is 0.643. The van der Waals surface area contributed by atoms with Crippen LogP contribution in [0.3, 0.4) is 0 Å². The molecule has 4 nitrogen and oxygen atoms in total. The maximum atomic E-state index is 12.8. The van der Waals surface area contributed by atoms with Crippen LogP contribution in [0.4, 0.5) is 5.69 Å². The second-order valence-electron chi connectivity index (χ2n) is 9.48. The Morgan fingerprint density at radius 3 is 1.70 bits per heavy atom. The zero-order valence-electron chi connectivity index (χ0n) is 20.7. The number of hydrogen-bond acceptors (Lipinski definition) is 4. The highest BCUT2D eigenvalue weighted by molar-refractivity contribution is 7.91. The molecule has 3 N–H and O–H groups in total. The second-order valence-corrected chi connectivity index (χ2v) is 11.6. The zero-order valence-corrected chi connectivity index (χ0v) is 21.5. The average Bonchev–Trinajstić information content (AvgIpc) is 2.81. The fourth-order valence-corrected chi connectivity index (χ4v) is 6.04. The van der Waals surface area contributed by atoms with Gasteiger partial charge in [-0.05, 0) is 17.9 Å². The van der Waals surface area contributed by atoms with Crippen LogP contribution in [-0.4, -0.2) is 19.3 Å². The van der Waals surface area contributed by atoms with Gasteiger partial charge in [0, 0.05) is 5.39 Å². The van der Waals surface area contributed by atoms with E-state index in [4.69, 9.17) is 5.73 Å². The van der Waals surface area contributed by atoms with Gasteiger partial charge in [0.2, 0.25) is 0 Å². The summed E-state index contributed by atoms with van der Waals surface area (Å²) >= 11 is 0. The van der Waals surface area contributed by atoms with Gasteiger partial charge < -0.3 is 10.8 Å². The van der Waals surface area contributed by atoms with Gasteiger partial charge in [0.05, 0.1) is 11.4 Å². The molecule has 0 spiro atoms. The Labute approximate surface area is 201 Å². The Kier molecular flexibility index (Phi) is 12.7. The van der Waals surface area contributed by atoms with Gasteiger partial charge in [0.25, 0.3) is 0 Å². The van der Waals surface area contributed by atoms with E-state index in [-0.39, 0.29) is 22.1 Å². The van der Waals surface area contributed by atoms with Gasteiger partial charge in [-0.3, -0.25) is 0 Å². The van der Waals surface area contributed by atoms with E-state index in [1.54, 1.807) is 12.1 Å². The third kappa shape index (κ3) is 9.56. The first-order chi connectivity index (χ1) is 16.0. The normalized spacial score (nSPS) is 11.9. The van der Waals surface area contributed by atoms with Crippen LogP contribution in [0.25, 0.3) is 10.8 Å². The number of benzene rings is 2. The molecule has 0 aliphatic heterocycles. The Balaban J connectivity index is 1.55. The molecule has 2 aromatic carbocycles. The number of hydrogen-bond donors (Lipinski definition) is 2. The molecule has 0 bridgehead atoms. The van der Waals surface area contributed by atoms with Gasteiger partial charge in [0.15, 0.2) is 15.6 Å². The smallest absolute Gasteiger partial charge is 0.182 e. The van der Waals surface area contributed by atoms with Crippen molar-refractivity contribution < 1.29 is 13.5 Å². The topological polar surface area (TPSA) is 80.4 Å². The van der Waals surface area contributed by atoms with Gasteiger partial charge in [0.1, 0.15) is 4.90 Å². The van der Waals surface area contributed by atoms with Crippen molar-refractivity contribution >= 4 is 26.3 Å².